The van der Waals surface area contributed by atoms with E-state index in [0.29, 0.717) is 32.4 Å². The molecule has 2 amide bonds. The molecular weight excluding hydrogens is 450 g/mol. The van der Waals surface area contributed by atoms with Crippen molar-refractivity contribution in [3.63, 3.8) is 0 Å². The number of nitrogens with one attached hydrogen (secondary N) is 1. The van der Waals surface area contributed by atoms with Gasteiger partial charge in [0.25, 0.3) is 0 Å². The highest BCUT2D eigenvalue weighted by Crippen LogP contribution is 2.35. The van der Waals surface area contributed by atoms with Gasteiger partial charge in [-0.05, 0) is 68.9 Å². The van der Waals surface area contributed by atoms with Gasteiger partial charge in [-0.3, -0.25) is 9.59 Å². The molecule has 0 spiro atoms. The van der Waals surface area contributed by atoms with E-state index in [2.05, 4.69) is 11.4 Å². The zero-order chi connectivity index (χ0) is 24.5. The third-order valence-corrected chi connectivity index (χ3v) is 8.66. The van der Waals surface area contributed by atoms with Crippen LogP contribution in [0, 0.1) is 12.8 Å². The number of aryl methyl sites for hydroxylation is 1. The fourth-order valence-corrected chi connectivity index (χ4v) is 6.69. The van der Waals surface area contributed by atoms with Crippen molar-refractivity contribution in [3.05, 3.63) is 59.2 Å². The topological polar surface area (TPSA) is 86.8 Å². The number of amides is 2. The number of carbonyl (C=O) groups is 2. The van der Waals surface area contributed by atoms with Crippen LogP contribution >= 0.6 is 0 Å². The maximum absolute atomic E-state index is 13.4. The van der Waals surface area contributed by atoms with E-state index >= 15 is 0 Å². The summed E-state index contributed by atoms with van der Waals surface area (Å²) < 4.78 is 28.2. The predicted octanol–water partition coefficient (Wildman–Crippen LogP) is 3.05. The first kappa shape index (κ1) is 24.4. The summed E-state index contributed by atoms with van der Waals surface area (Å²) in [7, 11) is -3.72. The number of hydrogen-bond donors (Lipinski definition) is 1. The predicted molar refractivity (Wildman–Crippen MR) is 132 cm³/mol. The maximum atomic E-state index is 13.4. The minimum atomic E-state index is -3.72. The number of carbonyl (C=O) groups excluding carboxylic acids is 2. The quantitative estimate of drug-likeness (QED) is 0.684. The molecule has 7 nitrogen and oxygen atoms in total. The van der Waals surface area contributed by atoms with Crippen molar-refractivity contribution in [2.75, 3.05) is 24.5 Å². The SMILES string of the molecule is CC(=O)N1c2ccc(S(=O)(=O)N3CCC[C@H](C(=O)NCCc4cccc(C)c4)C3)cc2C[C@@H]1C. The molecule has 1 N–H and O–H groups in total. The number of benzene rings is 2. The Kier molecular flexibility index (Phi) is 7.09. The van der Waals surface area contributed by atoms with Crippen LogP contribution in [0.15, 0.2) is 47.4 Å². The first-order valence-electron chi connectivity index (χ1n) is 11.9. The average molecular weight is 484 g/mol. The van der Waals surface area contributed by atoms with Gasteiger partial charge >= 0.3 is 0 Å². The highest BCUT2D eigenvalue weighted by atomic mass is 32.2. The van der Waals surface area contributed by atoms with Crippen molar-refractivity contribution in [2.45, 2.75) is 57.4 Å². The molecule has 0 saturated carbocycles. The molecule has 0 radical (unpaired) electrons. The number of hydrogen-bond acceptors (Lipinski definition) is 4. The molecular formula is C26H33N3O4S. The van der Waals surface area contributed by atoms with E-state index in [9.17, 15) is 18.0 Å². The van der Waals surface area contributed by atoms with E-state index < -0.39 is 10.0 Å². The fourth-order valence-electron chi connectivity index (χ4n) is 5.11. The second-order valence-corrected chi connectivity index (χ2v) is 11.4. The van der Waals surface area contributed by atoms with Gasteiger partial charge in [0.15, 0.2) is 0 Å². The Bertz CT molecular complexity index is 1190. The molecule has 182 valence electrons. The number of piperidine rings is 1. The molecule has 0 aromatic heterocycles. The molecule has 2 aliphatic heterocycles. The van der Waals surface area contributed by atoms with Crippen LogP contribution in [0.25, 0.3) is 0 Å². The standard InChI is InChI=1S/C26H33N3O4S/c1-18-6-4-7-21(14-18)11-12-27-26(31)22-8-5-13-28(17-22)34(32,33)24-9-10-25-23(16-24)15-19(2)29(25)20(3)30/h4,6-7,9-10,14,16,19,22H,5,8,11-13,15,17H2,1-3H3,(H,27,31)/t19-,22-/m0/s1. The summed E-state index contributed by atoms with van der Waals surface area (Å²) in [5.41, 5.74) is 4.00. The third kappa shape index (κ3) is 5.03. The van der Waals surface area contributed by atoms with Gasteiger partial charge in [0.1, 0.15) is 0 Å². The summed E-state index contributed by atoms with van der Waals surface area (Å²) >= 11 is 0. The summed E-state index contributed by atoms with van der Waals surface area (Å²) in [6, 6.07) is 13.2. The lowest BCUT2D eigenvalue weighted by Crippen LogP contribution is -2.45. The molecule has 2 aliphatic rings. The lowest BCUT2D eigenvalue weighted by atomic mass is 9.98. The summed E-state index contributed by atoms with van der Waals surface area (Å²) in [6.45, 7) is 6.65. The van der Waals surface area contributed by atoms with Crippen molar-refractivity contribution in [3.8, 4) is 0 Å². The Morgan fingerprint density at radius 3 is 2.68 bits per heavy atom. The van der Waals surface area contributed by atoms with Gasteiger partial charge in [-0.1, -0.05) is 29.8 Å². The molecule has 1 saturated heterocycles. The normalized spacial score (nSPS) is 20.7. The van der Waals surface area contributed by atoms with Gasteiger partial charge in [-0.25, -0.2) is 8.42 Å². The monoisotopic (exact) mass is 483 g/mol. The first-order chi connectivity index (χ1) is 16.2. The van der Waals surface area contributed by atoms with Crippen molar-refractivity contribution in [1.82, 2.24) is 9.62 Å². The zero-order valence-electron chi connectivity index (χ0n) is 20.1. The van der Waals surface area contributed by atoms with Crippen molar-refractivity contribution in [1.29, 1.82) is 0 Å². The van der Waals surface area contributed by atoms with Gasteiger partial charge in [-0.15, -0.1) is 0 Å². The lowest BCUT2D eigenvalue weighted by Gasteiger charge is -2.31. The summed E-state index contributed by atoms with van der Waals surface area (Å²) in [6.07, 6.45) is 2.70. The van der Waals surface area contributed by atoms with E-state index in [1.807, 2.05) is 32.0 Å². The van der Waals surface area contributed by atoms with Crippen LogP contribution in [0.2, 0.25) is 0 Å². The summed E-state index contributed by atoms with van der Waals surface area (Å²) in [5.74, 6) is -0.495. The number of sulfonamides is 1. The second-order valence-electron chi connectivity index (χ2n) is 9.46. The molecule has 34 heavy (non-hydrogen) atoms. The van der Waals surface area contributed by atoms with E-state index in [-0.39, 0.29) is 35.2 Å². The zero-order valence-corrected chi connectivity index (χ0v) is 20.9. The Morgan fingerprint density at radius 1 is 1.15 bits per heavy atom. The fraction of sp³-hybridized carbons (Fsp3) is 0.462. The van der Waals surface area contributed by atoms with Crippen molar-refractivity contribution in [2.24, 2.45) is 5.92 Å². The van der Waals surface area contributed by atoms with Crippen LogP contribution in [0.5, 0.6) is 0 Å². The van der Waals surface area contributed by atoms with Crippen LogP contribution in [-0.2, 0) is 32.5 Å². The Labute approximate surface area is 202 Å². The van der Waals surface area contributed by atoms with Crippen molar-refractivity contribution < 1.29 is 18.0 Å². The second kappa shape index (κ2) is 9.88. The van der Waals surface area contributed by atoms with Crippen LogP contribution in [0.1, 0.15) is 43.4 Å². The molecule has 2 atom stereocenters. The van der Waals surface area contributed by atoms with E-state index in [1.54, 1.807) is 23.1 Å². The lowest BCUT2D eigenvalue weighted by molar-refractivity contribution is -0.126. The van der Waals surface area contributed by atoms with E-state index in [4.69, 9.17) is 0 Å². The van der Waals surface area contributed by atoms with E-state index in [0.717, 1.165) is 17.7 Å². The number of rotatable bonds is 6. The minimum Gasteiger partial charge on any atom is -0.355 e. The number of fused-ring (bicyclic) bond motifs is 1. The maximum Gasteiger partial charge on any atom is 0.243 e. The molecule has 1 fully saturated rings. The van der Waals surface area contributed by atoms with Crippen LogP contribution < -0.4 is 10.2 Å². The molecule has 8 heteroatoms. The molecule has 2 heterocycles. The Morgan fingerprint density at radius 2 is 1.94 bits per heavy atom. The Hall–Kier alpha value is -2.71. The smallest absolute Gasteiger partial charge is 0.243 e. The van der Waals surface area contributed by atoms with E-state index in [1.165, 1.54) is 22.4 Å². The molecule has 0 unspecified atom stereocenters. The molecule has 0 bridgehead atoms. The summed E-state index contributed by atoms with van der Waals surface area (Å²) in [4.78, 5) is 26.7. The molecule has 4 rings (SSSR count). The molecule has 2 aromatic rings. The third-order valence-electron chi connectivity index (χ3n) is 6.79. The van der Waals surface area contributed by atoms with Crippen LogP contribution in [0.3, 0.4) is 0 Å². The number of nitrogens with zero attached hydrogens (tertiary/aromatic N) is 2. The average Bonchev–Trinajstić information content (AvgIpc) is 3.14. The van der Waals surface area contributed by atoms with Gasteiger partial charge < -0.3 is 10.2 Å². The molecule has 0 aliphatic carbocycles. The van der Waals surface area contributed by atoms with Crippen molar-refractivity contribution >= 4 is 27.5 Å². The summed E-state index contributed by atoms with van der Waals surface area (Å²) in [5, 5.41) is 2.99. The highest BCUT2D eigenvalue weighted by Gasteiger charge is 2.35. The van der Waals surface area contributed by atoms with Crippen LogP contribution in [0.4, 0.5) is 5.69 Å². The molecule has 2 aromatic carbocycles. The highest BCUT2D eigenvalue weighted by molar-refractivity contribution is 7.89. The number of anilines is 1. The van der Waals surface area contributed by atoms with Crippen LogP contribution in [-0.4, -0.2) is 50.2 Å². The van der Waals surface area contributed by atoms with Gasteiger partial charge in [-0.2, -0.15) is 4.31 Å². The largest absolute Gasteiger partial charge is 0.355 e. The minimum absolute atomic E-state index is 0.00770. The first-order valence-corrected chi connectivity index (χ1v) is 13.4. The van der Waals surface area contributed by atoms with Gasteiger partial charge in [0.05, 0.1) is 10.8 Å². The Balaban J connectivity index is 1.41. The van der Waals surface area contributed by atoms with Gasteiger partial charge in [0, 0.05) is 38.3 Å². The van der Waals surface area contributed by atoms with Gasteiger partial charge in [0.2, 0.25) is 21.8 Å².